The number of carbonyl (C=O) groups excluding carboxylic acids is 2. The van der Waals surface area contributed by atoms with Crippen LogP contribution in [-0.2, 0) is 9.59 Å². The van der Waals surface area contributed by atoms with E-state index in [1.807, 2.05) is 32.7 Å². The zero-order chi connectivity index (χ0) is 15.2. The van der Waals surface area contributed by atoms with Crippen molar-refractivity contribution in [2.75, 3.05) is 20.6 Å². The van der Waals surface area contributed by atoms with E-state index in [0.29, 0.717) is 0 Å². The van der Waals surface area contributed by atoms with Crippen LogP contribution in [0.4, 0.5) is 0 Å². The predicted molar refractivity (Wildman–Crippen MR) is 76.3 cm³/mol. The van der Waals surface area contributed by atoms with Gasteiger partial charge >= 0.3 is 0 Å². The van der Waals surface area contributed by atoms with E-state index >= 15 is 0 Å². The molecule has 0 aromatic heterocycles. The summed E-state index contributed by atoms with van der Waals surface area (Å²) in [5.74, 6) is -0.333. The fourth-order valence-electron chi connectivity index (χ4n) is 2.58. The minimum atomic E-state index is -0.299. The maximum Gasteiger partial charge on any atom is 0.258 e. The second kappa shape index (κ2) is 4.66. The van der Waals surface area contributed by atoms with Crippen LogP contribution < -0.4 is 0 Å². The molecule has 0 saturated heterocycles. The molecule has 0 aliphatic carbocycles. The first-order chi connectivity index (χ1) is 8.37. The molecular weight excluding hydrogens is 240 g/mol. The van der Waals surface area contributed by atoms with Gasteiger partial charge in [-0.3, -0.25) is 14.5 Å². The quantitative estimate of drug-likeness (QED) is 0.631. The van der Waals surface area contributed by atoms with Crippen LogP contribution in [0.5, 0.6) is 0 Å². The van der Waals surface area contributed by atoms with Crippen molar-refractivity contribution in [3.63, 3.8) is 0 Å². The Kier molecular flexibility index (Phi) is 3.86. The summed E-state index contributed by atoms with van der Waals surface area (Å²) in [5.41, 5.74) is 1.21. The number of imide groups is 1. The first-order valence-electron chi connectivity index (χ1n) is 6.64. The van der Waals surface area contributed by atoms with E-state index in [2.05, 4.69) is 20.8 Å². The Balaban J connectivity index is 3.61. The van der Waals surface area contributed by atoms with Crippen molar-refractivity contribution < 1.29 is 9.59 Å². The molecule has 0 radical (unpaired) electrons. The van der Waals surface area contributed by atoms with Gasteiger partial charge in [-0.05, 0) is 5.41 Å². The lowest BCUT2D eigenvalue weighted by Gasteiger charge is -2.36. The Morgan fingerprint density at radius 1 is 0.895 bits per heavy atom. The van der Waals surface area contributed by atoms with E-state index in [-0.39, 0.29) is 29.2 Å². The van der Waals surface area contributed by atoms with Crippen molar-refractivity contribution in [1.29, 1.82) is 0 Å². The third-order valence-corrected chi connectivity index (χ3v) is 3.34. The van der Waals surface area contributed by atoms with Crippen molar-refractivity contribution in [2.45, 2.75) is 41.5 Å². The lowest BCUT2D eigenvalue weighted by Crippen LogP contribution is -2.37. The first kappa shape index (κ1) is 15.7. The number of nitrogens with zero attached hydrogens (tertiary/aromatic N) is 2. The van der Waals surface area contributed by atoms with Gasteiger partial charge < -0.3 is 4.90 Å². The van der Waals surface area contributed by atoms with Crippen molar-refractivity contribution >= 4 is 11.8 Å². The van der Waals surface area contributed by atoms with Crippen LogP contribution in [0.1, 0.15) is 41.5 Å². The minimum Gasteiger partial charge on any atom is -0.368 e. The number of hydrogen-bond acceptors (Lipinski definition) is 3. The normalized spacial score (nSPS) is 19.2. The summed E-state index contributed by atoms with van der Waals surface area (Å²) >= 11 is 0. The molecule has 1 aliphatic rings. The third kappa shape index (κ3) is 2.99. The summed E-state index contributed by atoms with van der Waals surface area (Å²) in [6, 6.07) is 0. The van der Waals surface area contributed by atoms with E-state index < -0.39 is 0 Å². The van der Waals surface area contributed by atoms with Gasteiger partial charge in [0.05, 0.1) is 6.54 Å². The lowest BCUT2D eigenvalue weighted by atomic mass is 9.77. The van der Waals surface area contributed by atoms with Crippen molar-refractivity contribution in [3.8, 4) is 0 Å². The smallest absolute Gasteiger partial charge is 0.258 e. The van der Waals surface area contributed by atoms with Crippen LogP contribution in [0, 0.1) is 10.8 Å². The molecule has 0 unspecified atom stereocenters. The van der Waals surface area contributed by atoms with Gasteiger partial charge in [-0.15, -0.1) is 0 Å². The molecule has 2 amide bonds. The molecule has 1 aliphatic heterocycles. The number of allylic oxidation sites excluding steroid dienone is 1. The van der Waals surface area contributed by atoms with Crippen molar-refractivity contribution in [3.05, 3.63) is 11.3 Å². The van der Waals surface area contributed by atoms with Gasteiger partial charge in [0.25, 0.3) is 5.91 Å². The highest BCUT2D eigenvalue weighted by Gasteiger charge is 2.40. The van der Waals surface area contributed by atoms with Crippen LogP contribution in [-0.4, -0.2) is 42.3 Å². The van der Waals surface area contributed by atoms with Gasteiger partial charge in [-0.2, -0.15) is 0 Å². The van der Waals surface area contributed by atoms with Crippen LogP contribution in [0.15, 0.2) is 11.3 Å². The number of likely N-dealkylation sites (N-methyl/N-ethyl adjacent to an activating group) is 2. The Morgan fingerprint density at radius 2 is 1.37 bits per heavy atom. The monoisotopic (exact) mass is 266 g/mol. The highest BCUT2D eigenvalue weighted by Crippen LogP contribution is 2.39. The number of amides is 2. The topological polar surface area (TPSA) is 40.6 Å². The molecule has 0 aromatic carbocycles. The van der Waals surface area contributed by atoms with Gasteiger partial charge in [0.1, 0.15) is 0 Å². The summed E-state index contributed by atoms with van der Waals surface area (Å²) in [6.45, 7) is 12.5. The highest BCUT2D eigenvalue weighted by atomic mass is 16.2. The summed E-state index contributed by atoms with van der Waals surface area (Å²) in [6.07, 6.45) is 0. The molecule has 0 bridgehead atoms. The van der Waals surface area contributed by atoms with Gasteiger partial charge in [0, 0.05) is 30.8 Å². The molecule has 1 rings (SSSR count). The average Bonchev–Trinajstić information content (AvgIpc) is 2.26. The molecule has 0 N–H and O–H groups in total. The van der Waals surface area contributed by atoms with Gasteiger partial charge in [0.2, 0.25) is 5.91 Å². The van der Waals surface area contributed by atoms with Crippen LogP contribution >= 0.6 is 0 Å². The second-order valence-corrected chi connectivity index (χ2v) is 7.34. The molecule has 0 aromatic rings. The number of carbonyl (C=O) groups is 2. The minimum absolute atomic E-state index is 0.159. The number of rotatable bonds is 0. The third-order valence-electron chi connectivity index (χ3n) is 3.34. The zero-order valence-corrected chi connectivity index (χ0v) is 13.4. The molecule has 4 nitrogen and oxygen atoms in total. The largest absolute Gasteiger partial charge is 0.368 e. The molecular formula is C15H26N2O2. The molecule has 108 valence electrons. The van der Waals surface area contributed by atoms with Gasteiger partial charge in [-0.1, -0.05) is 41.5 Å². The average molecular weight is 266 g/mol. The van der Waals surface area contributed by atoms with Crippen LogP contribution in [0.2, 0.25) is 0 Å². The second-order valence-electron chi connectivity index (χ2n) is 7.34. The first-order valence-corrected chi connectivity index (χ1v) is 6.64. The standard InChI is InChI=1S/C15H26N2O2/c1-14(2,3)11-12(15(4,5)6)16(7)9-10(18)17(8)13(11)19/h9H2,1-8H3. The van der Waals surface area contributed by atoms with E-state index in [0.717, 1.165) is 11.3 Å². The van der Waals surface area contributed by atoms with E-state index in [4.69, 9.17) is 0 Å². The Hall–Kier alpha value is -1.32. The predicted octanol–water partition coefficient (Wildman–Crippen LogP) is 2.26. The highest BCUT2D eigenvalue weighted by molar-refractivity contribution is 6.06. The molecule has 1 heterocycles. The fourth-order valence-corrected chi connectivity index (χ4v) is 2.58. The van der Waals surface area contributed by atoms with Crippen LogP contribution in [0.3, 0.4) is 0 Å². The lowest BCUT2D eigenvalue weighted by molar-refractivity contribution is -0.140. The van der Waals surface area contributed by atoms with E-state index in [1.54, 1.807) is 7.05 Å². The van der Waals surface area contributed by atoms with E-state index in [9.17, 15) is 9.59 Å². The van der Waals surface area contributed by atoms with Crippen molar-refractivity contribution in [2.24, 2.45) is 10.8 Å². The summed E-state index contributed by atoms with van der Waals surface area (Å²) in [5, 5.41) is 0. The van der Waals surface area contributed by atoms with Gasteiger partial charge in [-0.25, -0.2) is 0 Å². The van der Waals surface area contributed by atoms with Crippen LogP contribution in [0.25, 0.3) is 0 Å². The maximum atomic E-state index is 12.6. The molecule has 0 spiro atoms. The molecule has 0 atom stereocenters. The SMILES string of the molecule is CN1CC(=O)N(C)C(=O)C(C(C)(C)C)=C1C(C)(C)C. The van der Waals surface area contributed by atoms with Crippen molar-refractivity contribution in [1.82, 2.24) is 9.80 Å². The number of hydrogen-bond donors (Lipinski definition) is 0. The maximum absolute atomic E-state index is 12.6. The Morgan fingerprint density at radius 3 is 1.74 bits per heavy atom. The fraction of sp³-hybridized carbons (Fsp3) is 0.733. The van der Waals surface area contributed by atoms with E-state index in [1.165, 1.54) is 4.90 Å². The summed E-state index contributed by atoms with van der Waals surface area (Å²) in [7, 11) is 3.45. The molecule has 19 heavy (non-hydrogen) atoms. The molecule has 0 saturated carbocycles. The van der Waals surface area contributed by atoms with Gasteiger partial charge in [0.15, 0.2) is 0 Å². The Bertz CT molecular complexity index is 436. The summed E-state index contributed by atoms with van der Waals surface area (Å²) < 4.78 is 0. The summed E-state index contributed by atoms with van der Waals surface area (Å²) in [4.78, 5) is 27.8. The molecule has 0 fully saturated rings. The Labute approximate surface area is 116 Å². The molecule has 4 heteroatoms. The zero-order valence-electron chi connectivity index (χ0n) is 13.4.